The van der Waals surface area contributed by atoms with Crippen molar-refractivity contribution < 1.29 is 0 Å². The normalized spacial score (nSPS) is 10.6. The largest absolute Gasteiger partial charge is 0.309 e. The van der Waals surface area contributed by atoms with Crippen molar-refractivity contribution in [2.45, 2.75) is 20.0 Å². The second-order valence-corrected chi connectivity index (χ2v) is 5.99. The van der Waals surface area contributed by atoms with Gasteiger partial charge in [0.15, 0.2) is 0 Å². The molecule has 18 heavy (non-hydrogen) atoms. The number of hydrogen-bond acceptors (Lipinski definition) is 1. The molecule has 94 valence electrons. The molecule has 1 nitrogen and oxygen atoms in total. The van der Waals surface area contributed by atoms with E-state index >= 15 is 0 Å². The molecule has 0 aliphatic carbocycles. The van der Waals surface area contributed by atoms with Crippen LogP contribution in [0.2, 0.25) is 0 Å². The molecule has 0 spiro atoms. The second-order valence-electron chi connectivity index (χ2n) is 4.28. The highest BCUT2D eigenvalue weighted by atomic mass is 79.9. The van der Waals surface area contributed by atoms with E-state index in [1.54, 1.807) is 0 Å². The predicted octanol–water partition coefficient (Wildman–Crippen LogP) is 4.81. The molecule has 2 aromatic rings. The number of nitrogens with one attached hydrogen (secondary N) is 1. The molecule has 0 saturated heterocycles. The lowest BCUT2D eigenvalue weighted by Crippen LogP contribution is -2.13. The maximum absolute atomic E-state index is 3.56. The van der Waals surface area contributed by atoms with Crippen LogP contribution in [0.15, 0.2) is 51.4 Å². The molecular weight excluding hydrogens is 354 g/mol. The standard InChI is InChI=1S/C15H15Br2N/c1-11-6-7-12(8-15(11)17)9-18-10-13-4-2-3-5-14(13)16/h2-8,18H,9-10H2,1H3. The molecule has 0 saturated carbocycles. The first-order chi connectivity index (χ1) is 8.66. The van der Waals surface area contributed by atoms with E-state index in [1.165, 1.54) is 21.2 Å². The highest BCUT2D eigenvalue weighted by Gasteiger charge is 2.00. The van der Waals surface area contributed by atoms with Gasteiger partial charge in [-0.25, -0.2) is 0 Å². The van der Waals surface area contributed by atoms with Crippen LogP contribution in [0.3, 0.4) is 0 Å². The van der Waals surface area contributed by atoms with Crippen LogP contribution in [0.4, 0.5) is 0 Å². The third kappa shape index (κ3) is 3.67. The second kappa shape index (κ2) is 6.50. The van der Waals surface area contributed by atoms with Crippen LogP contribution in [-0.4, -0.2) is 0 Å². The minimum Gasteiger partial charge on any atom is -0.309 e. The molecule has 0 fully saturated rings. The van der Waals surface area contributed by atoms with Crippen molar-refractivity contribution in [2.75, 3.05) is 0 Å². The summed E-state index contributed by atoms with van der Waals surface area (Å²) in [6.45, 7) is 3.84. The van der Waals surface area contributed by atoms with Gasteiger partial charge in [0.25, 0.3) is 0 Å². The van der Waals surface area contributed by atoms with Gasteiger partial charge in [0.2, 0.25) is 0 Å². The van der Waals surface area contributed by atoms with E-state index in [9.17, 15) is 0 Å². The van der Waals surface area contributed by atoms with Crippen molar-refractivity contribution in [3.05, 3.63) is 68.1 Å². The van der Waals surface area contributed by atoms with Crippen LogP contribution in [0, 0.1) is 6.92 Å². The summed E-state index contributed by atoms with van der Waals surface area (Å²) in [5.74, 6) is 0. The van der Waals surface area contributed by atoms with Crippen molar-refractivity contribution in [3.8, 4) is 0 Å². The van der Waals surface area contributed by atoms with Gasteiger partial charge in [-0.05, 0) is 35.7 Å². The monoisotopic (exact) mass is 367 g/mol. The van der Waals surface area contributed by atoms with Crippen molar-refractivity contribution in [1.82, 2.24) is 5.32 Å². The molecule has 0 amide bonds. The minimum atomic E-state index is 0.868. The molecule has 0 aliphatic heterocycles. The Morgan fingerprint density at radius 2 is 1.72 bits per heavy atom. The van der Waals surface area contributed by atoms with E-state index < -0.39 is 0 Å². The van der Waals surface area contributed by atoms with Gasteiger partial charge < -0.3 is 5.32 Å². The quantitative estimate of drug-likeness (QED) is 0.816. The van der Waals surface area contributed by atoms with Gasteiger partial charge in [0.1, 0.15) is 0 Å². The zero-order chi connectivity index (χ0) is 13.0. The Balaban J connectivity index is 1.92. The van der Waals surface area contributed by atoms with E-state index in [-0.39, 0.29) is 0 Å². The smallest absolute Gasteiger partial charge is 0.0220 e. The van der Waals surface area contributed by atoms with Crippen LogP contribution >= 0.6 is 31.9 Å². The van der Waals surface area contributed by atoms with Gasteiger partial charge >= 0.3 is 0 Å². The first kappa shape index (κ1) is 13.8. The molecule has 2 aromatic carbocycles. The average molecular weight is 369 g/mol. The third-order valence-electron chi connectivity index (χ3n) is 2.84. The van der Waals surface area contributed by atoms with Gasteiger partial charge in [-0.2, -0.15) is 0 Å². The lowest BCUT2D eigenvalue weighted by molar-refractivity contribution is 0.691. The Morgan fingerprint density at radius 1 is 0.944 bits per heavy atom. The number of hydrogen-bond donors (Lipinski definition) is 1. The summed E-state index contributed by atoms with van der Waals surface area (Å²) in [6.07, 6.45) is 0. The van der Waals surface area contributed by atoms with Gasteiger partial charge in [0.05, 0.1) is 0 Å². The van der Waals surface area contributed by atoms with Crippen LogP contribution in [0.5, 0.6) is 0 Å². The molecule has 0 bridgehead atoms. The van der Waals surface area contributed by atoms with Crippen molar-refractivity contribution in [3.63, 3.8) is 0 Å². The van der Waals surface area contributed by atoms with Crippen molar-refractivity contribution in [2.24, 2.45) is 0 Å². The van der Waals surface area contributed by atoms with Gasteiger partial charge in [-0.15, -0.1) is 0 Å². The molecule has 0 radical (unpaired) electrons. The fraction of sp³-hybridized carbons (Fsp3) is 0.200. The minimum absolute atomic E-state index is 0.868. The first-order valence-electron chi connectivity index (χ1n) is 5.86. The SMILES string of the molecule is Cc1ccc(CNCc2ccccc2Br)cc1Br. The van der Waals surface area contributed by atoms with Crippen molar-refractivity contribution >= 4 is 31.9 Å². The van der Waals surface area contributed by atoms with E-state index in [4.69, 9.17) is 0 Å². The molecular formula is C15H15Br2N. The molecule has 0 atom stereocenters. The average Bonchev–Trinajstić information content (AvgIpc) is 2.36. The maximum atomic E-state index is 3.56. The van der Waals surface area contributed by atoms with Gasteiger partial charge in [0, 0.05) is 22.0 Å². The Morgan fingerprint density at radius 3 is 2.44 bits per heavy atom. The van der Waals surface area contributed by atoms with Crippen LogP contribution in [-0.2, 0) is 13.1 Å². The summed E-state index contributed by atoms with van der Waals surface area (Å²) < 4.78 is 2.32. The predicted molar refractivity (Wildman–Crippen MR) is 83.6 cm³/mol. The van der Waals surface area contributed by atoms with E-state index in [2.05, 4.69) is 80.5 Å². The lowest BCUT2D eigenvalue weighted by atomic mass is 10.1. The molecule has 0 heterocycles. The van der Waals surface area contributed by atoms with Crippen LogP contribution < -0.4 is 5.32 Å². The summed E-state index contributed by atoms with van der Waals surface area (Å²) in [6, 6.07) is 14.8. The Labute approximate surface area is 125 Å². The Bertz CT molecular complexity index is 538. The van der Waals surface area contributed by atoms with Crippen molar-refractivity contribution in [1.29, 1.82) is 0 Å². The summed E-state index contributed by atoms with van der Waals surface area (Å²) in [4.78, 5) is 0. The zero-order valence-electron chi connectivity index (χ0n) is 10.2. The molecule has 0 unspecified atom stereocenters. The number of benzene rings is 2. The Hall–Kier alpha value is -0.640. The number of aryl methyl sites for hydroxylation is 1. The lowest BCUT2D eigenvalue weighted by Gasteiger charge is -2.08. The van der Waals surface area contributed by atoms with E-state index in [0.29, 0.717) is 0 Å². The van der Waals surface area contributed by atoms with Crippen LogP contribution in [0.1, 0.15) is 16.7 Å². The number of rotatable bonds is 4. The van der Waals surface area contributed by atoms with Gasteiger partial charge in [-0.1, -0.05) is 62.2 Å². The highest BCUT2D eigenvalue weighted by Crippen LogP contribution is 2.18. The topological polar surface area (TPSA) is 12.0 Å². The van der Waals surface area contributed by atoms with E-state index in [1.807, 2.05) is 6.07 Å². The third-order valence-corrected chi connectivity index (χ3v) is 4.47. The fourth-order valence-corrected chi connectivity index (χ4v) is 2.58. The zero-order valence-corrected chi connectivity index (χ0v) is 13.4. The van der Waals surface area contributed by atoms with Gasteiger partial charge in [-0.3, -0.25) is 0 Å². The Kier molecular flexibility index (Phi) is 4.98. The number of halogens is 2. The first-order valence-corrected chi connectivity index (χ1v) is 7.44. The van der Waals surface area contributed by atoms with E-state index in [0.717, 1.165) is 17.6 Å². The fourth-order valence-electron chi connectivity index (χ4n) is 1.73. The van der Waals surface area contributed by atoms with Crippen LogP contribution in [0.25, 0.3) is 0 Å². The molecule has 0 aromatic heterocycles. The molecule has 1 N–H and O–H groups in total. The highest BCUT2D eigenvalue weighted by molar-refractivity contribution is 9.10. The molecule has 3 heteroatoms. The summed E-state index contributed by atoms with van der Waals surface area (Å²) in [5.41, 5.74) is 3.84. The summed E-state index contributed by atoms with van der Waals surface area (Å²) in [7, 11) is 0. The molecule has 0 aliphatic rings. The summed E-state index contributed by atoms with van der Waals surface area (Å²) in [5, 5.41) is 3.45. The molecule has 2 rings (SSSR count). The maximum Gasteiger partial charge on any atom is 0.0220 e. The summed E-state index contributed by atoms with van der Waals surface area (Å²) >= 11 is 7.12.